The number of furan rings is 1. The molecule has 16 heavy (non-hydrogen) atoms. The normalized spacial score (nSPS) is 13.1. The van der Waals surface area contributed by atoms with Crippen molar-refractivity contribution in [2.45, 2.75) is 6.10 Å². The van der Waals surface area contributed by atoms with Gasteiger partial charge in [0.15, 0.2) is 6.10 Å². The Kier molecular flexibility index (Phi) is 2.23. The molecule has 0 unspecified atom stereocenters. The summed E-state index contributed by atoms with van der Waals surface area (Å²) in [7, 11) is 0. The first-order valence-electron chi connectivity index (χ1n) is 4.91. The first-order chi connectivity index (χ1) is 7.84. The van der Waals surface area contributed by atoms with Crippen LogP contribution in [0.1, 0.15) is 16.9 Å². The second-order valence-electron chi connectivity index (χ2n) is 3.44. The second kappa shape index (κ2) is 3.73. The lowest BCUT2D eigenvalue weighted by Gasteiger charge is -2.01. The molecule has 0 fully saturated rings. The van der Waals surface area contributed by atoms with Gasteiger partial charge in [0.05, 0.1) is 16.5 Å². The number of hydrogen-bond acceptors (Lipinski definition) is 4. The third kappa shape index (κ3) is 1.52. The molecule has 0 aliphatic carbocycles. The van der Waals surface area contributed by atoms with Crippen LogP contribution in [-0.2, 0) is 0 Å². The Balaban J connectivity index is 2.06. The first-order valence-corrected chi connectivity index (χ1v) is 5.73. The summed E-state index contributed by atoms with van der Waals surface area (Å²) in [5, 5.41) is 10.7. The molecule has 4 heteroatoms. The smallest absolute Gasteiger partial charge is 0.163 e. The molecule has 2 aromatic heterocycles. The summed E-state index contributed by atoms with van der Waals surface area (Å²) in [6.07, 6.45) is 0.777. The van der Waals surface area contributed by atoms with Gasteiger partial charge in [-0.05, 0) is 24.3 Å². The Morgan fingerprint density at radius 3 is 2.81 bits per heavy atom. The number of hydrogen-bond donors (Lipinski definition) is 1. The van der Waals surface area contributed by atoms with Crippen molar-refractivity contribution < 1.29 is 9.52 Å². The third-order valence-electron chi connectivity index (χ3n) is 2.36. The molecule has 0 spiro atoms. The lowest BCUT2D eigenvalue weighted by atomic mass is 10.3. The SMILES string of the molecule is O[C@@H](c1ccco1)c1nc2ccccc2s1. The van der Waals surface area contributed by atoms with E-state index in [4.69, 9.17) is 4.42 Å². The molecule has 1 N–H and O–H groups in total. The average molecular weight is 231 g/mol. The second-order valence-corrected chi connectivity index (χ2v) is 4.50. The molecule has 80 valence electrons. The molecule has 2 heterocycles. The van der Waals surface area contributed by atoms with E-state index in [-0.39, 0.29) is 0 Å². The maximum atomic E-state index is 10.0. The minimum Gasteiger partial charge on any atom is -0.466 e. The van der Waals surface area contributed by atoms with Gasteiger partial charge in [0, 0.05) is 0 Å². The summed E-state index contributed by atoms with van der Waals surface area (Å²) >= 11 is 1.48. The minimum atomic E-state index is -0.771. The molecule has 0 amide bonds. The van der Waals surface area contributed by atoms with Gasteiger partial charge >= 0.3 is 0 Å². The van der Waals surface area contributed by atoms with Crippen LogP contribution in [0.15, 0.2) is 47.1 Å². The van der Waals surface area contributed by atoms with Gasteiger partial charge in [0.25, 0.3) is 0 Å². The molecular formula is C12H9NO2S. The van der Waals surface area contributed by atoms with Crippen LogP contribution in [0, 0.1) is 0 Å². The molecule has 0 saturated carbocycles. The number of benzene rings is 1. The molecule has 3 nitrogen and oxygen atoms in total. The summed E-state index contributed by atoms with van der Waals surface area (Å²) < 4.78 is 6.23. The molecule has 0 aliphatic rings. The Morgan fingerprint density at radius 1 is 1.19 bits per heavy atom. The Bertz CT molecular complexity index is 567. The fraction of sp³-hybridized carbons (Fsp3) is 0.0833. The van der Waals surface area contributed by atoms with Crippen molar-refractivity contribution in [1.82, 2.24) is 4.98 Å². The van der Waals surface area contributed by atoms with Crippen LogP contribution >= 0.6 is 11.3 Å². The van der Waals surface area contributed by atoms with E-state index in [1.165, 1.54) is 11.3 Å². The Morgan fingerprint density at radius 2 is 2.06 bits per heavy atom. The average Bonchev–Trinajstić information content (AvgIpc) is 2.97. The monoisotopic (exact) mass is 231 g/mol. The largest absolute Gasteiger partial charge is 0.466 e. The lowest BCUT2D eigenvalue weighted by molar-refractivity contribution is 0.189. The summed E-state index contributed by atoms with van der Waals surface area (Å²) in [5.41, 5.74) is 0.910. The standard InChI is InChI=1S/C12H9NO2S/c14-11(9-5-3-7-15-9)12-13-8-4-1-2-6-10(8)16-12/h1-7,11,14H/t11-/m0/s1. The van der Waals surface area contributed by atoms with Crippen molar-refractivity contribution in [3.05, 3.63) is 53.4 Å². The molecular weight excluding hydrogens is 222 g/mol. The fourth-order valence-corrected chi connectivity index (χ4v) is 2.54. The van der Waals surface area contributed by atoms with Crippen molar-refractivity contribution in [2.24, 2.45) is 0 Å². The van der Waals surface area contributed by atoms with Gasteiger partial charge in [0.1, 0.15) is 10.8 Å². The Hall–Kier alpha value is -1.65. The van der Waals surface area contributed by atoms with Gasteiger partial charge in [-0.3, -0.25) is 0 Å². The quantitative estimate of drug-likeness (QED) is 0.737. The topological polar surface area (TPSA) is 46.3 Å². The minimum absolute atomic E-state index is 0.527. The zero-order chi connectivity index (χ0) is 11.0. The zero-order valence-corrected chi connectivity index (χ0v) is 9.15. The number of aliphatic hydroxyl groups is 1. The van der Waals surface area contributed by atoms with Gasteiger partial charge < -0.3 is 9.52 Å². The van der Waals surface area contributed by atoms with Gasteiger partial charge in [-0.15, -0.1) is 11.3 Å². The molecule has 0 bridgehead atoms. The van der Waals surface area contributed by atoms with Crippen molar-refractivity contribution >= 4 is 21.6 Å². The molecule has 0 saturated heterocycles. The lowest BCUT2D eigenvalue weighted by Crippen LogP contribution is -1.96. The maximum Gasteiger partial charge on any atom is 0.163 e. The predicted molar refractivity (Wildman–Crippen MR) is 62.4 cm³/mol. The van der Waals surface area contributed by atoms with E-state index in [9.17, 15) is 5.11 Å². The van der Waals surface area contributed by atoms with Gasteiger partial charge in [-0.2, -0.15) is 0 Å². The van der Waals surface area contributed by atoms with Crippen LogP contribution in [-0.4, -0.2) is 10.1 Å². The highest BCUT2D eigenvalue weighted by atomic mass is 32.1. The summed E-state index contributed by atoms with van der Waals surface area (Å²) in [6, 6.07) is 11.3. The van der Waals surface area contributed by atoms with Crippen LogP contribution in [0.5, 0.6) is 0 Å². The molecule has 3 aromatic rings. The summed E-state index contributed by atoms with van der Waals surface area (Å²) in [5.74, 6) is 0.527. The van der Waals surface area contributed by atoms with Crippen LogP contribution < -0.4 is 0 Å². The third-order valence-corrected chi connectivity index (χ3v) is 3.45. The number of aromatic nitrogens is 1. The van der Waals surface area contributed by atoms with E-state index in [0.717, 1.165) is 10.2 Å². The highest BCUT2D eigenvalue weighted by Crippen LogP contribution is 2.29. The van der Waals surface area contributed by atoms with Gasteiger partial charge in [-0.25, -0.2) is 4.98 Å². The number of thiazole rings is 1. The first kappa shape index (κ1) is 9.57. The molecule has 3 rings (SSSR count). The van der Waals surface area contributed by atoms with Crippen molar-refractivity contribution in [3.8, 4) is 0 Å². The predicted octanol–water partition coefficient (Wildman–Crippen LogP) is 2.97. The van der Waals surface area contributed by atoms with E-state index in [1.54, 1.807) is 18.4 Å². The van der Waals surface area contributed by atoms with Crippen molar-refractivity contribution in [1.29, 1.82) is 0 Å². The van der Waals surface area contributed by atoms with Crippen LogP contribution in [0.25, 0.3) is 10.2 Å². The zero-order valence-electron chi connectivity index (χ0n) is 8.33. The summed E-state index contributed by atoms with van der Waals surface area (Å²) in [6.45, 7) is 0. The van der Waals surface area contributed by atoms with Crippen molar-refractivity contribution in [3.63, 3.8) is 0 Å². The highest BCUT2D eigenvalue weighted by molar-refractivity contribution is 7.18. The number of nitrogens with zero attached hydrogens (tertiary/aromatic N) is 1. The van der Waals surface area contributed by atoms with E-state index in [1.807, 2.05) is 24.3 Å². The summed E-state index contributed by atoms with van der Waals surface area (Å²) in [4.78, 5) is 4.38. The number of para-hydroxylation sites is 1. The van der Waals surface area contributed by atoms with Gasteiger partial charge in [-0.1, -0.05) is 12.1 Å². The highest BCUT2D eigenvalue weighted by Gasteiger charge is 2.17. The maximum absolute atomic E-state index is 10.0. The number of rotatable bonds is 2. The molecule has 0 aliphatic heterocycles. The van der Waals surface area contributed by atoms with Gasteiger partial charge in [0.2, 0.25) is 0 Å². The van der Waals surface area contributed by atoms with Crippen LogP contribution in [0.4, 0.5) is 0 Å². The van der Waals surface area contributed by atoms with Crippen LogP contribution in [0.2, 0.25) is 0 Å². The van der Waals surface area contributed by atoms with E-state index < -0.39 is 6.10 Å². The van der Waals surface area contributed by atoms with Crippen molar-refractivity contribution in [2.75, 3.05) is 0 Å². The van der Waals surface area contributed by atoms with E-state index >= 15 is 0 Å². The fourth-order valence-electron chi connectivity index (χ4n) is 1.58. The molecule has 1 atom stereocenters. The van der Waals surface area contributed by atoms with Crippen LogP contribution in [0.3, 0.4) is 0 Å². The molecule has 1 aromatic carbocycles. The Labute approximate surface area is 96.0 Å². The molecule has 0 radical (unpaired) electrons. The number of aliphatic hydroxyl groups excluding tert-OH is 1. The van der Waals surface area contributed by atoms with E-state index in [0.29, 0.717) is 10.8 Å². The van der Waals surface area contributed by atoms with E-state index in [2.05, 4.69) is 4.98 Å². The number of fused-ring (bicyclic) bond motifs is 1.